The summed E-state index contributed by atoms with van der Waals surface area (Å²) in [5.74, 6) is 1.40. The number of carbonyl (C=O) groups is 1. The number of amides is 1. The van der Waals surface area contributed by atoms with Crippen molar-refractivity contribution in [3.05, 3.63) is 46.9 Å². The number of likely N-dealkylation sites (tertiary alicyclic amines) is 1. The number of hydrogen-bond acceptors (Lipinski definition) is 5. The van der Waals surface area contributed by atoms with Gasteiger partial charge in [0.15, 0.2) is 5.76 Å². The third-order valence-corrected chi connectivity index (χ3v) is 5.25. The molecule has 1 spiro atoms. The van der Waals surface area contributed by atoms with Crippen molar-refractivity contribution in [1.29, 1.82) is 0 Å². The quantitative estimate of drug-likeness (QED) is 0.912. The van der Waals surface area contributed by atoms with E-state index in [0.29, 0.717) is 18.1 Å². The van der Waals surface area contributed by atoms with Crippen LogP contribution < -0.4 is 0 Å². The number of aliphatic hydroxyl groups excluding tert-OH is 1. The Hall–Kier alpha value is -2.21. The Kier molecular flexibility index (Phi) is 3.64. The van der Waals surface area contributed by atoms with Gasteiger partial charge in [0.05, 0.1) is 5.69 Å². The molecule has 6 heteroatoms. The molecule has 4 rings (SSSR count). The average molecular weight is 327 g/mol. The van der Waals surface area contributed by atoms with E-state index in [4.69, 9.17) is 14.5 Å². The smallest absolute Gasteiger partial charge is 0.289 e. The van der Waals surface area contributed by atoms with Gasteiger partial charge in [-0.05, 0) is 50.3 Å². The number of piperidine rings is 1. The number of aryl methyl sites for hydroxylation is 2. The minimum atomic E-state index is -0.194. The minimum Gasteiger partial charge on any atom is -0.453 e. The third kappa shape index (κ3) is 2.41. The fourth-order valence-corrected chi connectivity index (χ4v) is 4.07. The third-order valence-electron chi connectivity index (χ3n) is 5.25. The molecule has 6 nitrogen and oxygen atoms in total. The first-order valence-corrected chi connectivity index (χ1v) is 8.43. The molecule has 0 aromatic carbocycles. The Morgan fingerprint density at radius 1 is 1.42 bits per heavy atom. The zero-order chi connectivity index (χ0) is 16.7. The number of carbonyl (C=O) groups excluding carboxylic acids is 1. The van der Waals surface area contributed by atoms with Crippen LogP contribution in [0.1, 0.15) is 52.7 Å². The zero-order valence-corrected chi connectivity index (χ0v) is 13.8. The highest BCUT2D eigenvalue weighted by atomic mass is 16.4. The molecule has 1 unspecified atom stereocenters. The zero-order valence-electron chi connectivity index (χ0n) is 13.8. The molecule has 1 aliphatic heterocycles. The Bertz CT molecular complexity index is 782. The lowest BCUT2D eigenvalue weighted by molar-refractivity contribution is 0.0597. The van der Waals surface area contributed by atoms with Gasteiger partial charge in [0.1, 0.15) is 18.2 Å². The SMILES string of the molecule is Cc1ncc2c(n1)C1(CCCN(C(=O)c3ccc(CO)o3)C1)CC2. The number of nitrogens with zero attached hydrogens (tertiary/aromatic N) is 3. The summed E-state index contributed by atoms with van der Waals surface area (Å²) in [4.78, 5) is 23.7. The lowest BCUT2D eigenvalue weighted by Crippen LogP contribution is -2.48. The van der Waals surface area contributed by atoms with E-state index in [1.54, 1.807) is 12.1 Å². The van der Waals surface area contributed by atoms with E-state index in [2.05, 4.69) is 4.98 Å². The van der Waals surface area contributed by atoms with Gasteiger partial charge in [0, 0.05) is 24.7 Å². The maximum atomic E-state index is 12.8. The van der Waals surface area contributed by atoms with Crippen molar-refractivity contribution >= 4 is 5.91 Å². The van der Waals surface area contributed by atoms with Crippen LogP contribution in [0.4, 0.5) is 0 Å². The Labute approximate surface area is 140 Å². The van der Waals surface area contributed by atoms with Crippen LogP contribution in [-0.4, -0.2) is 39.0 Å². The van der Waals surface area contributed by atoms with E-state index in [0.717, 1.165) is 43.7 Å². The maximum Gasteiger partial charge on any atom is 0.289 e. The normalized spacial score (nSPS) is 22.8. The summed E-state index contributed by atoms with van der Waals surface area (Å²) >= 11 is 0. The number of hydrogen-bond donors (Lipinski definition) is 1. The Morgan fingerprint density at radius 2 is 2.29 bits per heavy atom. The van der Waals surface area contributed by atoms with Crippen LogP contribution in [0.5, 0.6) is 0 Å². The molecule has 3 heterocycles. The molecule has 126 valence electrons. The molecule has 2 aromatic heterocycles. The van der Waals surface area contributed by atoms with Crippen LogP contribution in [0, 0.1) is 6.92 Å². The van der Waals surface area contributed by atoms with Gasteiger partial charge in [-0.25, -0.2) is 9.97 Å². The lowest BCUT2D eigenvalue weighted by Gasteiger charge is -2.40. The van der Waals surface area contributed by atoms with Crippen LogP contribution in [0.3, 0.4) is 0 Å². The summed E-state index contributed by atoms with van der Waals surface area (Å²) in [6.07, 6.45) is 5.95. The van der Waals surface area contributed by atoms with E-state index >= 15 is 0 Å². The molecule has 0 radical (unpaired) electrons. The molecule has 1 atom stereocenters. The molecular formula is C18H21N3O3. The van der Waals surface area contributed by atoms with Gasteiger partial charge in [-0.2, -0.15) is 0 Å². The van der Waals surface area contributed by atoms with Gasteiger partial charge in [0.25, 0.3) is 5.91 Å². The van der Waals surface area contributed by atoms with Crippen molar-refractivity contribution in [1.82, 2.24) is 14.9 Å². The molecule has 1 saturated heterocycles. The monoisotopic (exact) mass is 327 g/mol. The number of furan rings is 1. The largest absolute Gasteiger partial charge is 0.453 e. The van der Waals surface area contributed by atoms with Crippen LogP contribution in [0.25, 0.3) is 0 Å². The molecule has 2 aromatic rings. The van der Waals surface area contributed by atoms with Crippen molar-refractivity contribution in [2.75, 3.05) is 13.1 Å². The molecule has 2 aliphatic rings. The molecule has 0 saturated carbocycles. The van der Waals surface area contributed by atoms with E-state index in [9.17, 15) is 4.79 Å². The topological polar surface area (TPSA) is 79.5 Å². The predicted octanol–water partition coefficient (Wildman–Crippen LogP) is 1.99. The molecule has 1 N–H and O–H groups in total. The number of rotatable bonds is 2. The van der Waals surface area contributed by atoms with Crippen LogP contribution in [0.2, 0.25) is 0 Å². The van der Waals surface area contributed by atoms with Gasteiger partial charge in [-0.3, -0.25) is 4.79 Å². The highest BCUT2D eigenvalue weighted by molar-refractivity contribution is 5.91. The number of aromatic nitrogens is 2. The van der Waals surface area contributed by atoms with E-state index < -0.39 is 0 Å². The van der Waals surface area contributed by atoms with Gasteiger partial charge < -0.3 is 14.4 Å². The van der Waals surface area contributed by atoms with Crippen LogP contribution in [-0.2, 0) is 18.4 Å². The highest BCUT2D eigenvalue weighted by Gasteiger charge is 2.45. The predicted molar refractivity (Wildman–Crippen MR) is 86.5 cm³/mol. The molecule has 1 fully saturated rings. The summed E-state index contributed by atoms with van der Waals surface area (Å²) in [6.45, 7) is 3.12. The lowest BCUT2D eigenvalue weighted by atomic mass is 9.77. The van der Waals surface area contributed by atoms with E-state index in [-0.39, 0.29) is 17.9 Å². The minimum absolute atomic E-state index is 0.0522. The summed E-state index contributed by atoms with van der Waals surface area (Å²) in [6, 6.07) is 3.29. The Balaban J connectivity index is 1.61. The second-order valence-corrected chi connectivity index (χ2v) is 6.83. The van der Waals surface area contributed by atoms with Gasteiger partial charge in [0.2, 0.25) is 0 Å². The summed E-state index contributed by atoms with van der Waals surface area (Å²) in [5.41, 5.74) is 2.29. The van der Waals surface area contributed by atoms with Gasteiger partial charge in [-0.1, -0.05) is 0 Å². The molecule has 0 bridgehead atoms. The van der Waals surface area contributed by atoms with Crippen molar-refractivity contribution in [2.24, 2.45) is 0 Å². The van der Waals surface area contributed by atoms with Gasteiger partial charge >= 0.3 is 0 Å². The van der Waals surface area contributed by atoms with Crippen molar-refractivity contribution < 1.29 is 14.3 Å². The summed E-state index contributed by atoms with van der Waals surface area (Å²) in [7, 11) is 0. The van der Waals surface area contributed by atoms with Crippen LogP contribution >= 0.6 is 0 Å². The Morgan fingerprint density at radius 3 is 3.08 bits per heavy atom. The van der Waals surface area contributed by atoms with E-state index in [1.807, 2.05) is 18.0 Å². The van der Waals surface area contributed by atoms with Gasteiger partial charge in [-0.15, -0.1) is 0 Å². The first kappa shape index (κ1) is 15.3. The molecule has 24 heavy (non-hydrogen) atoms. The average Bonchev–Trinajstić information content (AvgIpc) is 3.21. The summed E-state index contributed by atoms with van der Waals surface area (Å²) in [5, 5.41) is 9.11. The second kappa shape index (κ2) is 5.70. The fraction of sp³-hybridized carbons (Fsp3) is 0.500. The van der Waals surface area contributed by atoms with Crippen molar-refractivity contribution in [3.8, 4) is 0 Å². The maximum absolute atomic E-state index is 12.8. The number of aliphatic hydroxyl groups is 1. The summed E-state index contributed by atoms with van der Waals surface area (Å²) < 4.78 is 5.42. The fourth-order valence-electron chi connectivity index (χ4n) is 4.07. The molecular weight excluding hydrogens is 306 g/mol. The van der Waals surface area contributed by atoms with Crippen molar-refractivity contribution in [3.63, 3.8) is 0 Å². The number of fused-ring (bicyclic) bond motifs is 2. The molecule has 1 aliphatic carbocycles. The standard InChI is InChI=1S/C18H21N3O3/c1-12-19-9-13-5-7-18(16(13)20-12)6-2-8-21(11-18)17(23)15-4-3-14(10-22)24-15/h3-4,9,22H,2,5-8,10-11H2,1H3. The first-order valence-electron chi connectivity index (χ1n) is 8.43. The van der Waals surface area contributed by atoms with Crippen LogP contribution in [0.15, 0.2) is 22.7 Å². The molecule has 1 amide bonds. The highest BCUT2D eigenvalue weighted by Crippen LogP contribution is 2.44. The second-order valence-electron chi connectivity index (χ2n) is 6.83. The van der Waals surface area contributed by atoms with Crippen molar-refractivity contribution in [2.45, 2.75) is 44.6 Å². The first-order chi connectivity index (χ1) is 11.6. The van der Waals surface area contributed by atoms with E-state index in [1.165, 1.54) is 5.56 Å².